The van der Waals surface area contributed by atoms with E-state index in [4.69, 9.17) is 15.2 Å². The zero-order valence-corrected chi connectivity index (χ0v) is 32.6. The van der Waals surface area contributed by atoms with Gasteiger partial charge in [0.05, 0.1) is 36.7 Å². The average molecular weight is 718 g/mol. The first-order chi connectivity index (χ1) is 24.4. The van der Waals surface area contributed by atoms with Gasteiger partial charge in [-0.15, -0.1) is 5.10 Å². The minimum atomic E-state index is -0.682. The molecule has 0 radical (unpaired) electrons. The van der Waals surface area contributed by atoms with Gasteiger partial charge >= 0.3 is 0 Å². The number of para-hydroxylation sites is 1. The number of carbonyl (C=O) groups is 3. The Morgan fingerprint density at radius 2 is 1.60 bits per heavy atom. The van der Waals surface area contributed by atoms with E-state index in [0.717, 1.165) is 34.5 Å². The summed E-state index contributed by atoms with van der Waals surface area (Å²) in [6.07, 6.45) is 2.03. The van der Waals surface area contributed by atoms with Crippen LogP contribution in [0.1, 0.15) is 93.1 Å². The van der Waals surface area contributed by atoms with Crippen LogP contribution >= 0.6 is 0 Å². The molecule has 52 heavy (non-hydrogen) atoms. The summed E-state index contributed by atoms with van der Waals surface area (Å²) in [5.74, 6) is -0.462. The quantitative estimate of drug-likeness (QED) is 0.163. The van der Waals surface area contributed by atoms with Gasteiger partial charge in [-0.3, -0.25) is 14.4 Å². The van der Waals surface area contributed by atoms with Crippen LogP contribution in [0.5, 0.6) is 0 Å². The number of anilines is 1. The van der Waals surface area contributed by atoms with Gasteiger partial charge in [0.25, 0.3) is 0 Å². The summed E-state index contributed by atoms with van der Waals surface area (Å²) in [4.78, 5) is 41.9. The molecule has 4 rings (SSSR count). The van der Waals surface area contributed by atoms with Crippen molar-refractivity contribution in [2.45, 2.75) is 117 Å². The molecule has 1 atom stereocenters. The van der Waals surface area contributed by atoms with Gasteiger partial charge in [-0.2, -0.15) is 0 Å². The SMILES string of the molecule is CCC(C)(N)CC(C)(C)NC(=O)C(C)(C)CCOC(C)(C)CNC(=O)CCC(=O)N1Cc2ccccc2-c2c(nnn2CCOC)-c2ccccc21. The van der Waals surface area contributed by atoms with Gasteiger partial charge in [0.15, 0.2) is 0 Å². The normalized spacial score (nSPS) is 14.3. The molecule has 1 aliphatic heterocycles. The van der Waals surface area contributed by atoms with Crippen molar-refractivity contribution in [1.82, 2.24) is 25.6 Å². The lowest BCUT2D eigenvalue weighted by Crippen LogP contribution is -2.54. The largest absolute Gasteiger partial charge is 0.383 e. The van der Waals surface area contributed by atoms with Crippen LogP contribution in [0.2, 0.25) is 0 Å². The van der Waals surface area contributed by atoms with Gasteiger partial charge in [-0.05, 0) is 65.5 Å². The highest BCUT2D eigenvalue weighted by atomic mass is 16.5. The summed E-state index contributed by atoms with van der Waals surface area (Å²) in [5.41, 5.74) is 9.21. The smallest absolute Gasteiger partial charge is 0.227 e. The summed E-state index contributed by atoms with van der Waals surface area (Å²) in [7, 11) is 1.65. The van der Waals surface area contributed by atoms with Gasteiger partial charge in [0, 0.05) is 60.7 Å². The predicted molar refractivity (Wildman–Crippen MR) is 204 cm³/mol. The van der Waals surface area contributed by atoms with Crippen LogP contribution in [0, 0.1) is 5.41 Å². The lowest BCUT2D eigenvalue weighted by atomic mass is 9.82. The number of hydrogen-bond donors (Lipinski definition) is 3. The Hall–Kier alpha value is -4.13. The third-order valence-electron chi connectivity index (χ3n) is 9.81. The zero-order valence-electron chi connectivity index (χ0n) is 32.6. The summed E-state index contributed by atoms with van der Waals surface area (Å²) >= 11 is 0. The van der Waals surface area contributed by atoms with Crippen LogP contribution in [-0.2, 0) is 36.9 Å². The number of benzene rings is 2. The van der Waals surface area contributed by atoms with Gasteiger partial charge in [0.2, 0.25) is 17.7 Å². The lowest BCUT2D eigenvalue weighted by Gasteiger charge is -2.37. The Labute approximate surface area is 309 Å². The first-order valence-electron chi connectivity index (χ1n) is 18.3. The number of nitrogens with two attached hydrogens (primary N) is 1. The van der Waals surface area contributed by atoms with E-state index in [1.165, 1.54) is 0 Å². The summed E-state index contributed by atoms with van der Waals surface area (Å²) < 4.78 is 13.3. The van der Waals surface area contributed by atoms with Gasteiger partial charge < -0.3 is 30.7 Å². The molecular formula is C40H59N7O5. The first-order valence-corrected chi connectivity index (χ1v) is 18.3. The molecule has 0 spiro atoms. The monoisotopic (exact) mass is 717 g/mol. The molecule has 12 heteroatoms. The number of amides is 3. The molecule has 284 valence electrons. The van der Waals surface area contributed by atoms with Crippen molar-refractivity contribution in [3.63, 3.8) is 0 Å². The topological polar surface area (TPSA) is 154 Å². The average Bonchev–Trinajstić information content (AvgIpc) is 3.49. The Kier molecular flexibility index (Phi) is 13.0. The van der Waals surface area contributed by atoms with E-state index in [9.17, 15) is 14.4 Å². The molecule has 1 unspecified atom stereocenters. The number of hydrogen-bond acceptors (Lipinski definition) is 8. The van der Waals surface area contributed by atoms with E-state index in [1.807, 2.05) is 109 Å². The van der Waals surface area contributed by atoms with Crippen LogP contribution < -0.4 is 21.3 Å². The molecular weight excluding hydrogens is 658 g/mol. The molecule has 0 fully saturated rings. The van der Waals surface area contributed by atoms with Crippen molar-refractivity contribution in [2.75, 3.05) is 31.8 Å². The molecule has 0 bridgehead atoms. The fourth-order valence-corrected chi connectivity index (χ4v) is 6.53. The van der Waals surface area contributed by atoms with Crippen molar-refractivity contribution >= 4 is 23.4 Å². The van der Waals surface area contributed by atoms with Gasteiger partial charge in [0.1, 0.15) is 5.69 Å². The second-order valence-corrected chi connectivity index (χ2v) is 16.2. The Bertz CT molecular complexity index is 1710. The standard InChI is InChI=1S/C40H59N7O5/c1-10-40(8,41)26-38(4,5)43-36(50)37(2,3)21-23-52-39(6,7)27-42-32(48)19-20-33(49)46-25-28-15-11-12-16-29(28)35-34(30-17-13-14-18-31(30)46)44-45-47(35)22-24-51-9/h11-18H,10,19-27,41H2,1-9H3,(H,42,48)(H,43,50). The number of ether oxygens (including phenoxy) is 2. The third-order valence-corrected chi connectivity index (χ3v) is 9.81. The molecule has 2 heterocycles. The van der Waals surface area contributed by atoms with Crippen LogP contribution in [0.3, 0.4) is 0 Å². The molecule has 2 aromatic carbocycles. The van der Waals surface area contributed by atoms with Crippen molar-refractivity contribution in [3.8, 4) is 22.5 Å². The Morgan fingerprint density at radius 3 is 2.29 bits per heavy atom. The number of rotatable bonds is 17. The molecule has 0 saturated carbocycles. The lowest BCUT2D eigenvalue weighted by molar-refractivity contribution is -0.133. The number of nitrogens with one attached hydrogen (secondary N) is 2. The van der Waals surface area contributed by atoms with Gasteiger partial charge in [-0.1, -0.05) is 68.4 Å². The summed E-state index contributed by atoms with van der Waals surface area (Å²) in [6, 6.07) is 15.6. The molecule has 1 aromatic heterocycles. The second-order valence-electron chi connectivity index (χ2n) is 16.2. The number of carbonyl (C=O) groups excluding carboxylic acids is 3. The molecule has 0 saturated heterocycles. The fraction of sp³-hybridized carbons (Fsp3) is 0.575. The van der Waals surface area contributed by atoms with E-state index < -0.39 is 16.6 Å². The second kappa shape index (κ2) is 16.7. The van der Waals surface area contributed by atoms with Crippen molar-refractivity contribution in [1.29, 1.82) is 0 Å². The van der Waals surface area contributed by atoms with E-state index in [2.05, 4.69) is 20.9 Å². The summed E-state index contributed by atoms with van der Waals surface area (Å²) in [5, 5.41) is 15.1. The van der Waals surface area contributed by atoms with Crippen LogP contribution in [-0.4, -0.2) is 76.3 Å². The highest BCUT2D eigenvalue weighted by Gasteiger charge is 2.35. The molecule has 4 N–H and O–H groups in total. The summed E-state index contributed by atoms with van der Waals surface area (Å²) in [6.45, 7) is 17.6. The van der Waals surface area contributed by atoms with Crippen LogP contribution in [0.25, 0.3) is 22.5 Å². The molecule has 3 aromatic rings. The van der Waals surface area contributed by atoms with Crippen molar-refractivity contribution < 1.29 is 23.9 Å². The van der Waals surface area contributed by atoms with Crippen molar-refractivity contribution in [2.24, 2.45) is 11.1 Å². The highest BCUT2D eigenvalue weighted by Crippen LogP contribution is 2.41. The maximum Gasteiger partial charge on any atom is 0.227 e. The minimum absolute atomic E-state index is 0.0243. The van der Waals surface area contributed by atoms with E-state index in [1.54, 1.807) is 12.0 Å². The Balaban J connectivity index is 1.34. The Morgan fingerprint density at radius 1 is 0.923 bits per heavy atom. The highest BCUT2D eigenvalue weighted by molar-refractivity contribution is 6.01. The fourth-order valence-electron chi connectivity index (χ4n) is 6.53. The minimum Gasteiger partial charge on any atom is -0.383 e. The maximum atomic E-state index is 13.9. The van der Waals surface area contributed by atoms with E-state index >= 15 is 0 Å². The number of fused-ring (bicyclic) bond motifs is 5. The first kappa shape index (κ1) is 40.6. The zero-order chi connectivity index (χ0) is 38.3. The van der Waals surface area contributed by atoms with E-state index in [-0.39, 0.29) is 42.6 Å². The molecule has 1 aliphatic rings. The number of nitrogens with zero attached hydrogens (tertiary/aromatic N) is 4. The van der Waals surface area contributed by atoms with Crippen LogP contribution in [0.4, 0.5) is 5.69 Å². The van der Waals surface area contributed by atoms with Crippen LogP contribution in [0.15, 0.2) is 48.5 Å². The van der Waals surface area contributed by atoms with Gasteiger partial charge in [-0.25, -0.2) is 4.68 Å². The maximum absolute atomic E-state index is 13.9. The molecule has 0 aliphatic carbocycles. The number of aromatic nitrogens is 3. The third kappa shape index (κ3) is 10.5. The predicted octanol–water partition coefficient (Wildman–Crippen LogP) is 5.63. The molecule has 3 amide bonds. The molecule has 12 nitrogen and oxygen atoms in total. The number of methoxy groups -OCH3 is 1. The van der Waals surface area contributed by atoms with Crippen molar-refractivity contribution in [3.05, 3.63) is 54.1 Å². The van der Waals surface area contributed by atoms with E-state index in [0.29, 0.717) is 44.8 Å².